The summed E-state index contributed by atoms with van der Waals surface area (Å²) in [5, 5.41) is 5.12. The van der Waals surface area contributed by atoms with Crippen LogP contribution in [0.25, 0.3) is 0 Å². The number of carbonyl (C=O) groups excluding carboxylic acids is 1. The molecule has 0 fully saturated rings. The highest BCUT2D eigenvalue weighted by atomic mass is 32.2. The number of nitrogens with one attached hydrogen (secondary N) is 2. The molecule has 0 aliphatic rings. The molecule has 1 unspecified atom stereocenters. The molecule has 0 bridgehead atoms. The SMILES string of the molecule is CNC(C)CNC(=O)c1cccnc1SC(F)(F)F. The molecule has 4 nitrogen and oxygen atoms in total. The second-order valence-electron chi connectivity index (χ2n) is 3.80. The molecule has 0 spiro atoms. The molecule has 8 heteroatoms. The van der Waals surface area contributed by atoms with Crippen molar-refractivity contribution >= 4 is 17.7 Å². The van der Waals surface area contributed by atoms with Crippen LogP contribution in [-0.2, 0) is 0 Å². The Morgan fingerprint density at radius 2 is 2.21 bits per heavy atom. The molecular formula is C11H14F3N3OS. The number of likely N-dealkylation sites (N-methyl/N-ethyl adjacent to an activating group) is 1. The van der Waals surface area contributed by atoms with Crippen molar-refractivity contribution in [3.63, 3.8) is 0 Å². The molecule has 1 heterocycles. The summed E-state index contributed by atoms with van der Waals surface area (Å²) in [6, 6.07) is 2.77. The van der Waals surface area contributed by atoms with Gasteiger partial charge in [-0.1, -0.05) is 0 Å². The van der Waals surface area contributed by atoms with Crippen LogP contribution in [0, 0.1) is 0 Å². The molecule has 19 heavy (non-hydrogen) atoms. The van der Waals surface area contributed by atoms with Gasteiger partial charge in [0.15, 0.2) is 0 Å². The highest BCUT2D eigenvalue weighted by Crippen LogP contribution is 2.37. The summed E-state index contributed by atoms with van der Waals surface area (Å²) < 4.78 is 37.0. The number of carbonyl (C=O) groups is 1. The Morgan fingerprint density at radius 3 is 2.79 bits per heavy atom. The van der Waals surface area contributed by atoms with Gasteiger partial charge >= 0.3 is 5.51 Å². The van der Waals surface area contributed by atoms with Crippen LogP contribution in [0.1, 0.15) is 17.3 Å². The first kappa shape index (κ1) is 15.8. The number of pyridine rings is 1. The number of aromatic nitrogens is 1. The molecule has 0 radical (unpaired) electrons. The van der Waals surface area contributed by atoms with Gasteiger partial charge in [0.05, 0.1) is 5.56 Å². The first-order chi connectivity index (χ1) is 8.83. The molecule has 1 atom stereocenters. The van der Waals surface area contributed by atoms with Crippen LogP contribution in [0.3, 0.4) is 0 Å². The van der Waals surface area contributed by atoms with Crippen molar-refractivity contribution in [3.8, 4) is 0 Å². The molecule has 0 aromatic carbocycles. The lowest BCUT2D eigenvalue weighted by Gasteiger charge is -2.13. The fraction of sp³-hybridized carbons (Fsp3) is 0.455. The van der Waals surface area contributed by atoms with Crippen LogP contribution in [-0.4, -0.2) is 36.0 Å². The summed E-state index contributed by atoms with van der Waals surface area (Å²) in [5.74, 6) is -0.568. The fourth-order valence-corrected chi connectivity index (χ4v) is 1.80. The van der Waals surface area contributed by atoms with Gasteiger partial charge in [-0.3, -0.25) is 4.79 Å². The Balaban J connectivity index is 2.79. The van der Waals surface area contributed by atoms with Crippen LogP contribution in [0.5, 0.6) is 0 Å². The van der Waals surface area contributed by atoms with E-state index in [1.165, 1.54) is 18.3 Å². The predicted molar refractivity (Wildman–Crippen MR) is 67.0 cm³/mol. The van der Waals surface area contributed by atoms with E-state index in [0.717, 1.165) is 0 Å². The van der Waals surface area contributed by atoms with Crippen LogP contribution in [0.2, 0.25) is 0 Å². The highest BCUT2D eigenvalue weighted by molar-refractivity contribution is 8.00. The zero-order valence-electron chi connectivity index (χ0n) is 10.4. The Kier molecular flexibility index (Phi) is 5.61. The van der Waals surface area contributed by atoms with Gasteiger partial charge in [-0.05, 0) is 26.1 Å². The van der Waals surface area contributed by atoms with E-state index in [-0.39, 0.29) is 16.6 Å². The van der Waals surface area contributed by atoms with Crippen LogP contribution >= 0.6 is 11.8 Å². The van der Waals surface area contributed by atoms with Gasteiger partial charge < -0.3 is 10.6 Å². The van der Waals surface area contributed by atoms with E-state index < -0.39 is 23.2 Å². The molecule has 1 amide bonds. The van der Waals surface area contributed by atoms with E-state index >= 15 is 0 Å². The molecule has 1 aromatic rings. The predicted octanol–water partition coefficient (Wildman–Crippen LogP) is 2.03. The first-order valence-corrected chi connectivity index (χ1v) is 6.31. The summed E-state index contributed by atoms with van der Waals surface area (Å²) in [6.45, 7) is 2.16. The summed E-state index contributed by atoms with van der Waals surface area (Å²) in [5.41, 5.74) is -4.55. The van der Waals surface area contributed by atoms with Gasteiger partial charge in [0, 0.05) is 30.5 Å². The fourth-order valence-electron chi connectivity index (χ4n) is 1.20. The maximum absolute atomic E-state index is 12.3. The maximum atomic E-state index is 12.3. The number of hydrogen-bond acceptors (Lipinski definition) is 4. The number of amides is 1. The van der Waals surface area contributed by atoms with E-state index in [1.54, 1.807) is 7.05 Å². The maximum Gasteiger partial charge on any atom is 0.447 e. The van der Waals surface area contributed by atoms with Gasteiger partial charge in [0.1, 0.15) is 5.03 Å². The first-order valence-electron chi connectivity index (χ1n) is 5.49. The molecule has 0 saturated carbocycles. The van der Waals surface area contributed by atoms with E-state index in [0.29, 0.717) is 6.54 Å². The monoisotopic (exact) mass is 293 g/mol. The van der Waals surface area contributed by atoms with Crippen molar-refractivity contribution < 1.29 is 18.0 Å². The van der Waals surface area contributed by atoms with Crippen molar-refractivity contribution in [2.45, 2.75) is 23.5 Å². The lowest BCUT2D eigenvalue weighted by Crippen LogP contribution is -2.37. The quantitative estimate of drug-likeness (QED) is 0.816. The Labute approximate surface area is 113 Å². The van der Waals surface area contributed by atoms with Crippen molar-refractivity contribution in [2.75, 3.05) is 13.6 Å². The summed E-state index contributed by atoms with van der Waals surface area (Å²) in [4.78, 5) is 15.4. The second kappa shape index (κ2) is 6.76. The highest BCUT2D eigenvalue weighted by Gasteiger charge is 2.32. The molecule has 0 aliphatic carbocycles. The molecular weight excluding hydrogens is 279 g/mol. The third-order valence-corrected chi connectivity index (χ3v) is 3.04. The number of rotatable bonds is 5. The van der Waals surface area contributed by atoms with E-state index in [9.17, 15) is 18.0 Å². The zero-order chi connectivity index (χ0) is 14.5. The number of halogens is 3. The molecule has 0 saturated heterocycles. The van der Waals surface area contributed by atoms with Gasteiger partial charge in [-0.15, -0.1) is 0 Å². The normalized spacial score (nSPS) is 13.1. The molecule has 1 rings (SSSR count). The Hall–Kier alpha value is -1.28. The Bertz CT molecular complexity index is 439. The van der Waals surface area contributed by atoms with Crippen LogP contribution in [0.15, 0.2) is 23.4 Å². The average Bonchev–Trinajstić information content (AvgIpc) is 2.34. The number of thioether (sulfide) groups is 1. The van der Waals surface area contributed by atoms with Crippen molar-refractivity contribution in [1.82, 2.24) is 15.6 Å². The third-order valence-electron chi connectivity index (χ3n) is 2.29. The zero-order valence-corrected chi connectivity index (χ0v) is 11.2. The van der Waals surface area contributed by atoms with Crippen molar-refractivity contribution in [3.05, 3.63) is 23.9 Å². The van der Waals surface area contributed by atoms with Gasteiger partial charge in [-0.2, -0.15) is 13.2 Å². The Morgan fingerprint density at radius 1 is 1.53 bits per heavy atom. The number of hydrogen-bond donors (Lipinski definition) is 2. The number of alkyl halides is 3. The minimum absolute atomic E-state index is 0.0272. The smallest absolute Gasteiger partial charge is 0.350 e. The summed E-state index contributed by atoms with van der Waals surface area (Å²) in [7, 11) is 1.73. The van der Waals surface area contributed by atoms with E-state index in [2.05, 4.69) is 15.6 Å². The topological polar surface area (TPSA) is 54.0 Å². The lowest BCUT2D eigenvalue weighted by molar-refractivity contribution is -0.0329. The second-order valence-corrected chi connectivity index (χ2v) is 4.86. The third kappa shape index (κ3) is 5.48. The van der Waals surface area contributed by atoms with Gasteiger partial charge in [0.2, 0.25) is 0 Å². The van der Waals surface area contributed by atoms with E-state index in [4.69, 9.17) is 0 Å². The van der Waals surface area contributed by atoms with Crippen LogP contribution in [0.4, 0.5) is 13.2 Å². The largest absolute Gasteiger partial charge is 0.447 e. The minimum Gasteiger partial charge on any atom is -0.350 e. The summed E-state index contributed by atoms with van der Waals surface area (Å²) >= 11 is -0.392. The van der Waals surface area contributed by atoms with Crippen molar-refractivity contribution in [2.24, 2.45) is 0 Å². The standard InChI is InChI=1S/C11H14F3N3OS/c1-7(15-2)6-17-9(18)8-4-3-5-16-10(8)19-11(12,13)14/h3-5,7,15H,6H2,1-2H3,(H,17,18). The molecule has 1 aromatic heterocycles. The average molecular weight is 293 g/mol. The van der Waals surface area contributed by atoms with E-state index in [1.807, 2.05) is 6.92 Å². The van der Waals surface area contributed by atoms with Crippen molar-refractivity contribution in [1.29, 1.82) is 0 Å². The minimum atomic E-state index is -4.47. The van der Waals surface area contributed by atoms with Gasteiger partial charge in [0.25, 0.3) is 5.91 Å². The lowest BCUT2D eigenvalue weighted by atomic mass is 10.2. The molecule has 2 N–H and O–H groups in total. The molecule has 0 aliphatic heterocycles. The van der Waals surface area contributed by atoms with Gasteiger partial charge in [-0.25, -0.2) is 4.98 Å². The summed E-state index contributed by atoms with van der Waals surface area (Å²) in [6.07, 6.45) is 1.22. The van der Waals surface area contributed by atoms with Crippen LogP contribution < -0.4 is 10.6 Å². The molecule has 106 valence electrons. The number of nitrogens with zero attached hydrogens (tertiary/aromatic N) is 1.